The van der Waals surface area contributed by atoms with E-state index in [9.17, 15) is 44.2 Å². The van der Waals surface area contributed by atoms with Gasteiger partial charge in [0.05, 0.1) is 26.5 Å². The third-order valence-electron chi connectivity index (χ3n) is 9.80. The fourth-order valence-corrected chi connectivity index (χ4v) is 10.9. The van der Waals surface area contributed by atoms with E-state index >= 15 is 0 Å². The predicted molar refractivity (Wildman–Crippen MR) is 231 cm³/mol. The Morgan fingerprint density at radius 1 is 0.770 bits per heavy atom. The Hall–Kier alpha value is -5.67. The number of nitrogens with zero attached hydrogens (tertiary/aromatic N) is 7. The van der Waals surface area contributed by atoms with Crippen LogP contribution < -0.4 is 10.2 Å². The molecule has 3 aromatic heterocycles. The molecule has 0 fully saturated rings. The molecule has 0 spiro atoms. The van der Waals surface area contributed by atoms with E-state index in [2.05, 4.69) is 31.8 Å². The van der Waals surface area contributed by atoms with Crippen LogP contribution >= 0.6 is 11.3 Å². The molecule has 3 heterocycles. The number of fused-ring (bicyclic) bond motifs is 1. The van der Waals surface area contributed by atoms with Crippen molar-refractivity contribution >= 4 is 91.6 Å². The highest BCUT2D eigenvalue weighted by atomic mass is 32.2. The molecule has 22 heteroatoms. The minimum absolute atomic E-state index is 0.0126. The van der Waals surface area contributed by atoms with Gasteiger partial charge in [-0.1, -0.05) is 44.2 Å². The van der Waals surface area contributed by atoms with Crippen LogP contribution in [0.5, 0.6) is 0 Å². The van der Waals surface area contributed by atoms with Gasteiger partial charge in [0, 0.05) is 11.1 Å². The van der Waals surface area contributed by atoms with Crippen LogP contribution in [0.4, 0.5) is 39.6 Å². The molecule has 0 bridgehead atoms. The summed E-state index contributed by atoms with van der Waals surface area (Å²) < 4.78 is 106. The molecule has 5 N–H and O–H groups in total. The first kappa shape index (κ1) is 44.9. The zero-order chi connectivity index (χ0) is 45.3. The molecule has 6 rings (SSSR count). The molecule has 6 aromatic rings. The highest BCUT2D eigenvalue weighted by Gasteiger charge is 2.30. The lowest BCUT2D eigenvalue weighted by molar-refractivity contribution is 0.479. The lowest BCUT2D eigenvalue weighted by Crippen LogP contribution is -2.17. The van der Waals surface area contributed by atoms with E-state index in [-0.39, 0.29) is 82.2 Å². The zero-order valence-electron chi connectivity index (χ0n) is 34.5. The van der Waals surface area contributed by atoms with Gasteiger partial charge in [0.15, 0.2) is 16.8 Å². The van der Waals surface area contributed by atoms with Crippen molar-refractivity contribution in [2.75, 3.05) is 10.2 Å². The minimum atomic E-state index is -4.79. The standard InChI is InChI=1S/C39H41N9O9S4/c1-18-13-21(4)33(60(52,53)54)23(6)30(18)43-37-31(44-46-36-26(17-40)35(45-47-36)39(8,9)10)19(2)15-29(42-37)48(32-20(3)14-22(5)34(24(32)7)61(55,56)57)38-41-27-12-11-25(59(49,50)51)16-28(27)58-38/h11-16H,1-10H3,(H,42,43)(H,45,47)(H,49,50,51)(H,52,53,54)(H,55,56,57). The van der Waals surface area contributed by atoms with Crippen molar-refractivity contribution in [1.29, 1.82) is 5.26 Å². The van der Waals surface area contributed by atoms with Crippen LogP contribution in [0.2, 0.25) is 0 Å². The molecule has 18 nitrogen and oxygen atoms in total. The maximum Gasteiger partial charge on any atom is 0.295 e. The maximum atomic E-state index is 12.8. The van der Waals surface area contributed by atoms with Crippen molar-refractivity contribution in [2.24, 2.45) is 10.2 Å². The van der Waals surface area contributed by atoms with Gasteiger partial charge >= 0.3 is 0 Å². The largest absolute Gasteiger partial charge is 0.338 e. The average molecular weight is 908 g/mol. The second-order valence-corrected chi connectivity index (χ2v) is 20.7. The van der Waals surface area contributed by atoms with Crippen LogP contribution in [0.3, 0.4) is 0 Å². The molecule has 0 aliphatic rings. The van der Waals surface area contributed by atoms with Gasteiger partial charge in [0.25, 0.3) is 30.4 Å². The molecule has 320 valence electrons. The summed E-state index contributed by atoms with van der Waals surface area (Å²) in [6.07, 6.45) is 0. The number of nitrogens with one attached hydrogen (secondary N) is 2. The summed E-state index contributed by atoms with van der Waals surface area (Å²) in [6, 6.07) is 10.7. The zero-order valence-corrected chi connectivity index (χ0v) is 37.8. The second-order valence-electron chi connectivity index (χ2n) is 15.5. The normalized spacial score (nSPS) is 12.7. The number of anilines is 5. The summed E-state index contributed by atoms with van der Waals surface area (Å²) in [5.74, 6) is 0.139. The monoisotopic (exact) mass is 907 g/mol. The number of hydrogen-bond donors (Lipinski definition) is 5. The summed E-state index contributed by atoms with van der Waals surface area (Å²) >= 11 is 0.996. The highest BCUT2D eigenvalue weighted by Crippen LogP contribution is 2.47. The number of nitriles is 1. The molecule has 0 aliphatic heterocycles. The summed E-state index contributed by atoms with van der Waals surface area (Å²) in [6.45, 7) is 16.8. The summed E-state index contributed by atoms with van der Waals surface area (Å²) in [7, 11) is -14.1. The number of H-pyrrole nitrogens is 1. The molecule has 0 saturated heterocycles. The van der Waals surface area contributed by atoms with Gasteiger partial charge in [-0.2, -0.15) is 35.6 Å². The third-order valence-corrected chi connectivity index (χ3v) is 13.9. The van der Waals surface area contributed by atoms with E-state index in [4.69, 9.17) is 9.97 Å². The molecule has 0 aliphatic carbocycles. The third kappa shape index (κ3) is 8.63. The first-order chi connectivity index (χ1) is 28.1. The number of aromatic amines is 1. The van der Waals surface area contributed by atoms with E-state index in [0.717, 1.165) is 11.3 Å². The number of aryl methyl sites for hydroxylation is 5. The lowest BCUT2D eigenvalue weighted by atomic mass is 9.90. The molecular formula is C39H41N9O9S4. The Kier molecular flexibility index (Phi) is 11.5. The molecule has 3 aromatic carbocycles. The van der Waals surface area contributed by atoms with Crippen molar-refractivity contribution < 1.29 is 38.9 Å². The number of aromatic nitrogens is 4. The minimum Gasteiger partial charge on any atom is -0.338 e. The molecular weight excluding hydrogens is 867 g/mol. The van der Waals surface area contributed by atoms with E-state index in [1.165, 1.54) is 43.9 Å². The Morgan fingerprint density at radius 2 is 1.38 bits per heavy atom. The molecule has 0 saturated carbocycles. The first-order valence-electron chi connectivity index (χ1n) is 18.2. The quantitative estimate of drug-likeness (QED) is 0.0633. The van der Waals surface area contributed by atoms with E-state index in [1.807, 2.05) is 20.8 Å². The van der Waals surface area contributed by atoms with Crippen molar-refractivity contribution in [3.05, 3.63) is 86.6 Å². The van der Waals surface area contributed by atoms with Crippen LogP contribution in [0, 0.1) is 59.8 Å². The first-order valence-corrected chi connectivity index (χ1v) is 23.3. The fraction of sp³-hybridized carbons (Fsp3) is 0.282. The Morgan fingerprint density at radius 3 is 1.95 bits per heavy atom. The smallest absolute Gasteiger partial charge is 0.295 e. The number of pyridine rings is 1. The topological polar surface area (TPSA) is 281 Å². The van der Waals surface area contributed by atoms with Crippen molar-refractivity contribution in [1.82, 2.24) is 20.2 Å². The second kappa shape index (κ2) is 15.7. The fourth-order valence-electron chi connectivity index (χ4n) is 7.36. The average Bonchev–Trinajstić information content (AvgIpc) is 3.73. The molecule has 0 unspecified atom stereocenters. The maximum absolute atomic E-state index is 12.8. The lowest BCUT2D eigenvalue weighted by Gasteiger charge is -2.28. The van der Waals surface area contributed by atoms with E-state index in [0.29, 0.717) is 32.6 Å². The number of hydrogen-bond acceptors (Lipinski definition) is 15. The van der Waals surface area contributed by atoms with Gasteiger partial charge in [-0.15, -0.1) is 10.2 Å². The molecule has 0 atom stereocenters. The summed E-state index contributed by atoms with van der Waals surface area (Å²) in [5.41, 5.74) is 3.33. The Balaban J connectivity index is 1.70. The van der Waals surface area contributed by atoms with Crippen molar-refractivity contribution in [3.63, 3.8) is 0 Å². The van der Waals surface area contributed by atoms with Gasteiger partial charge in [-0.25, -0.2) is 9.97 Å². The number of azo groups is 1. The van der Waals surface area contributed by atoms with Gasteiger partial charge in [0.2, 0.25) is 0 Å². The van der Waals surface area contributed by atoms with Crippen LogP contribution in [0.15, 0.2) is 61.3 Å². The molecule has 0 amide bonds. The van der Waals surface area contributed by atoms with Crippen LogP contribution in [-0.4, -0.2) is 59.1 Å². The molecule has 61 heavy (non-hydrogen) atoms. The van der Waals surface area contributed by atoms with Gasteiger partial charge in [-0.3, -0.25) is 23.7 Å². The van der Waals surface area contributed by atoms with Crippen molar-refractivity contribution in [3.8, 4) is 6.07 Å². The summed E-state index contributed by atoms with van der Waals surface area (Å²) in [4.78, 5) is 10.2. The van der Waals surface area contributed by atoms with Crippen LogP contribution in [0.25, 0.3) is 10.2 Å². The number of rotatable bonds is 10. The number of benzene rings is 3. The van der Waals surface area contributed by atoms with E-state index in [1.54, 1.807) is 45.9 Å². The van der Waals surface area contributed by atoms with Gasteiger partial charge in [0.1, 0.15) is 32.9 Å². The van der Waals surface area contributed by atoms with E-state index < -0.39 is 35.8 Å². The van der Waals surface area contributed by atoms with Crippen molar-refractivity contribution in [2.45, 2.75) is 89.3 Å². The summed E-state index contributed by atoms with van der Waals surface area (Å²) in [5, 5.41) is 29.4. The van der Waals surface area contributed by atoms with Gasteiger partial charge in [-0.05, 0) is 112 Å². The predicted octanol–water partition coefficient (Wildman–Crippen LogP) is 9.11. The Labute approximate surface area is 356 Å². The molecule has 0 radical (unpaired) electrons. The highest BCUT2D eigenvalue weighted by molar-refractivity contribution is 7.86. The number of thiazole rings is 1. The Bertz CT molecular complexity index is 3240. The van der Waals surface area contributed by atoms with Crippen LogP contribution in [0.1, 0.15) is 71.0 Å². The SMILES string of the molecule is Cc1cc(N(c2nc3ccc(S(=O)(=O)O)cc3s2)c2c(C)cc(C)c(S(=O)(=O)O)c2C)nc(Nc2c(C)cc(C)c(S(=O)(=O)O)c2C)c1N=Nc1[nH]nc(C(C)(C)C)c1C#N. The van der Waals surface area contributed by atoms with Gasteiger partial charge < -0.3 is 5.32 Å². The van der Waals surface area contributed by atoms with Crippen LogP contribution in [-0.2, 0) is 35.8 Å².